The average Bonchev–Trinajstić information content (AvgIpc) is 2.38. The summed E-state index contributed by atoms with van der Waals surface area (Å²) in [6, 6.07) is 6.48. The molecular weight excluding hydrogens is 308 g/mol. The van der Waals surface area contributed by atoms with Crippen LogP contribution in [0.25, 0.3) is 0 Å². The number of phenols is 1. The van der Waals surface area contributed by atoms with Crippen molar-refractivity contribution in [2.24, 2.45) is 0 Å². The van der Waals surface area contributed by atoms with Crippen molar-refractivity contribution in [2.75, 3.05) is 5.33 Å². The monoisotopic (exact) mass is 328 g/mol. The predicted octanol–water partition coefficient (Wildman–Crippen LogP) is 4.08. The van der Waals surface area contributed by atoms with E-state index in [-0.39, 0.29) is 5.75 Å². The highest BCUT2D eigenvalue weighted by Gasteiger charge is 2.34. The molecule has 1 rings (SSSR count). The Kier molecular flexibility index (Phi) is 6.35. The van der Waals surface area contributed by atoms with E-state index in [1.54, 1.807) is 31.2 Å². The van der Waals surface area contributed by atoms with Crippen LogP contribution in [0.4, 0.5) is 0 Å². The minimum Gasteiger partial charge on any atom is -0.508 e. The molecule has 0 aliphatic carbocycles. The molecule has 19 heavy (non-hydrogen) atoms. The lowest BCUT2D eigenvalue weighted by atomic mass is 9.78. The maximum absolute atomic E-state index is 11.6. The zero-order valence-corrected chi connectivity index (χ0v) is 12.8. The van der Waals surface area contributed by atoms with Gasteiger partial charge in [-0.1, -0.05) is 47.3 Å². The van der Waals surface area contributed by atoms with Crippen molar-refractivity contribution in [3.63, 3.8) is 0 Å². The Morgan fingerprint density at radius 2 is 1.74 bits per heavy atom. The molecule has 106 valence electrons. The molecule has 4 heteroatoms. The molecule has 0 aliphatic rings. The van der Waals surface area contributed by atoms with Gasteiger partial charge < -0.3 is 10.2 Å². The number of aliphatic carboxylic acids is 1. The summed E-state index contributed by atoms with van der Waals surface area (Å²) in [4.78, 5) is 11.6. The topological polar surface area (TPSA) is 57.5 Å². The first-order valence-electron chi connectivity index (χ1n) is 6.59. The number of carboxylic acids is 1. The van der Waals surface area contributed by atoms with E-state index in [0.29, 0.717) is 6.42 Å². The van der Waals surface area contributed by atoms with Crippen LogP contribution in [0.5, 0.6) is 5.75 Å². The largest absolute Gasteiger partial charge is 0.508 e. The van der Waals surface area contributed by atoms with Crippen LogP contribution in [0.15, 0.2) is 24.3 Å². The van der Waals surface area contributed by atoms with Crippen LogP contribution >= 0.6 is 15.9 Å². The van der Waals surface area contributed by atoms with Crippen molar-refractivity contribution in [3.05, 3.63) is 29.8 Å². The summed E-state index contributed by atoms with van der Waals surface area (Å²) in [5.74, 6) is -0.646. The third-order valence-electron chi connectivity index (χ3n) is 3.54. The van der Waals surface area contributed by atoms with Gasteiger partial charge >= 0.3 is 5.97 Å². The van der Waals surface area contributed by atoms with Crippen LogP contribution in [0, 0.1) is 0 Å². The van der Waals surface area contributed by atoms with Crippen LogP contribution in [-0.2, 0) is 10.2 Å². The smallest absolute Gasteiger partial charge is 0.313 e. The van der Waals surface area contributed by atoms with E-state index >= 15 is 0 Å². The molecule has 0 saturated heterocycles. The van der Waals surface area contributed by atoms with Gasteiger partial charge in [-0.05, 0) is 37.5 Å². The van der Waals surface area contributed by atoms with Gasteiger partial charge in [0.2, 0.25) is 0 Å². The lowest BCUT2D eigenvalue weighted by Gasteiger charge is -2.25. The van der Waals surface area contributed by atoms with Gasteiger partial charge in [0, 0.05) is 5.33 Å². The second-order valence-electron chi connectivity index (χ2n) is 5.04. The van der Waals surface area contributed by atoms with E-state index in [1.165, 1.54) is 0 Å². The van der Waals surface area contributed by atoms with Crippen LogP contribution in [0.2, 0.25) is 0 Å². The Bertz CT molecular complexity index is 402. The number of rotatable bonds is 8. The molecule has 0 bridgehead atoms. The Balaban J connectivity index is 2.69. The molecule has 1 aromatic rings. The van der Waals surface area contributed by atoms with Crippen molar-refractivity contribution < 1.29 is 15.0 Å². The zero-order valence-electron chi connectivity index (χ0n) is 11.2. The molecule has 0 radical (unpaired) electrons. The number of benzene rings is 1. The number of carboxylic acid groups (broad SMARTS) is 1. The molecule has 1 aromatic carbocycles. The van der Waals surface area contributed by atoms with E-state index in [4.69, 9.17) is 0 Å². The molecule has 3 nitrogen and oxygen atoms in total. The Labute approximate surface area is 122 Å². The molecule has 0 spiro atoms. The molecule has 0 amide bonds. The zero-order chi connectivity index (χ0) is 14.3. The molecule has 0 aliphatic heterocycles. The normalized spacial score (nSPS) is 14.0. The third-order valence-corrected chi connectivity index (χ3v) is 4.10. The fraction of sp³-hybridized carbons (Fsp3) is 0.533. The number of hydrogen-bond donors (Lipinski definition) is 2. The summed E-state index contributed by atoms with van der Waals surface area (Å²) in [6.07, 6.45) is 4.82. The van der Waals surface area contributed by atoms with Crippen molar-refractivity contribution in [1.82, 2.24) is 0 Å². The van der Waals surface area contributed by atoms with Gasteiger partial charge in [0.1, 0.15) is 5.75 Å². The first-order valence-corrected chi connectivity index (χ1v) is 7.71. The summed E-state index contributed by atoms with van der Waals surface area (Å²) in [5.41, 5.74) is -0.124. The summed E-state index contributed by atoms with van der Waals surface area (Å²) in [5, 5.41) is 19.8. The van der Waals surface area contributed by atoms with Gasteiger partial charge in [0.15, 0.2) is 0 Å². The number of phenolic OH excluding ortho intramolecular Hbond substituents is 1. The van der Waals surface area contributed by atoms with Crippen LogP contribution in [-0.4, -0.2) is 21.5 Å². The van der Waals surface area contributed by atoms with Crippen molar-refractivity contribution in [1.29, 1.82) is 0 Å². The Morgan fingerprint density at radius 1 is 1.16 bits per heavy atom. The standard InChI is InChI=1S/C15H21BrO3/c1-15(14(18)19,10-4-2-3-5-11-16)12-6-8-13(17)9-7-12/h6-9,17H,2-5,10-11H2,1H3,(H,18,19). The number of hydrogen-bond acceptors (Lipinski definition) is 2. The molecule has 1 atom stereocenters. The summed E-state index contributed by atoms with van der Waals surface area (Å²) < 4.78 is 0. The molecule has 1 unspecified atom stereocenters. The highest BCUT2D eigenvalue weighted by Crippen LogP contribution is 2.31. The van der Waals surface area contributed by atoms with Crippen molar-refractivity contribution in [2.45, 2.75) is 44.4 Å². The highest BCUT2D eigenvalue weighted by atomic mass is 79.9. The summed E-state index contributed by atoms with van der Waals surface area (Å²) in [7, 11) is 0. The van der Waals surface area contributed by atoms with Crippen LogP contribution in [0.3, 0.4) is 0 Å². The van der Waals surface area contributed by atoms with E-state index in [1.807, 2.05) is 0 Å². The minimum absolute atomic E-state index is 0.161. The van der Waals surface area contributed by atoms with E-state index < -0.39 is 11.4 Å². The Morgan fingerprint density at radius 3 is 2.26 bits per heavy atom. The lowest BCUT2D eigenvalue weighted by Crippen LogP contribution is -2.32. The molecular formula is C15H21BrO3. The molecule has 0 fully saturated rings. The first-order chi connectivity index (χ1) is 9.00. The van der Waals surface area contributed by atoms with Gasteiger partial charge in [-0.2, -0.15) is 0 Å². The number of unbranched alkanes of at least 4 members (excludes halogenated alkanes) is 3. The van der Waals surface area contributed by atoms with Gasteiger partial charge in [0.25, 0.3) is 0 Å². The van der Waals surface area contributed by atoms with Crippen LogP contribution in [0.1, 0.15) is 44.6 Å². The van der Waals surface area contributed by atoms with E-state index in [2.05, 4.69) is 15.9 Å². The van der Waals surface area contributed by atoms with Crippen molar-refractivity contribution >= 4 is 21.9 Å². The molecule has 0 heterocycles. The number of carbonyl (C=O) groups is 1. The number of aromatic hydroxyl groups is 1. The van der Waals surface area contributed by atoms with E-state index in [0.717, 1.165) is 36.6 Å². The quantitative estimate of drug-likeness (QED) is 0.558. The maximum Gasteiger partial charge on any atom is 0.313 e. The fourth-order valence-corrected chi connectivity index (χ4v) is 2.53. The fourth-order valence-electron chi connectivity index (χ4n) is 2.13. The van der Waals surface area contributed by atoms with Gasteiger partial charge in [0.05, 0.1) is 5.41 Å². The molecule has 2 N–H and O–H groups in total. The van der Waals surface area contributed by atoms with Crippen molar-refractivity contribution in [3.8, 4) is 5.75 Å². The third kappa shape index (κ3) is 4.53. The predicted molar refractivity (Wildman–Crippen MR) is 80.0 cm³/mol. The Hall–Kier alpha value is -1.03. The average molecular weight is 329 g/mol. The van der Waals surface area contributed by atoms with E-state index in [9.17, 15) is 15.0 Å². The van der Waals surface area contributed by atoms with Gasteiger partial charge in [-0.3, -0.25) is 4.79 Å². The molecule has 0 saturated carbocycles. The lowest BCUT2D eigenvalue weighted by molar-refractivity contribution is -0.143. The minimum atomic E-state index is -0.873. The van der Waals surface area contributed by atoms with Gasteiger partial charge in [-0.25, -0.2) is 0 Å². The number of halogens is 1. The second kappa shape index (κ2) is 7.53. The maximum atomic E-state index is 11.6. The second-order valence-corrected chi connectivity index (χ2v) is 5.83. The summed E-state index contributed by atoms with van der Waals surface area (Å²) in [6.45, 7) is 1.76. The van der Waals surface area contributed by atoms with Gasteiger partial charge in [-0.15, -0.1) is 0 Å². The first kappa shape index (κ1) is 16.0. The molecule has 0 aromatic heterocycles. The SMILES string of the molecule is CC(CCCCCCBr)(C(=O)O)c1ccc(O)cc1. The number of alkyl halides is 1. The van der Waals surface area contributed by atoms with Crippen LogP contribution < -0.4 is 0 Å². The summed E-state index contributed by atoms with van der Waals surface area (Å²) >= 11 is 3.39. The highest BCUT2D eigenvalue weighted by molar-refractivity contribution is 9.09.